The zero-order chi connectivity index (χ0) is 21.1. The number of carbonyl (C=O) groups is 1. The van der Waals surface area contributed by atoms with E-state index in [1.54, 1.807) is 0 Å². The summed E-state index contributed by atoms with van der Waals surface area (Å²) in [6.45, 7) is 12.0. The molecule has 0 aromatic rings. The molecule has 3 saturated carbocycles. The zero-order valence-electron chi connectivity index (χ0n) is 19.6. The van der Waals surface area contributed by atoms with Crippen molar-refractivity contribution in [2.45, 2.75) is 103 Å². The summed E-state index contributed by atoms with van der Waals surface area (Å²) in [5.41, 5.74) is 0.549. The Labute approximate surface area is 182 Å². The lowest BCUT2D eigenvalue weighted by molar-refractivity contribution is -0.254. The minimum absolute atomic E-state index is 0.0530. The second-order valence-corrected chi connectivity index (χ2v) is 12.9. The zero-order valence-corrected chi connectivity index (χ0v) is 19.6. The van der Waals surface area contributed by atoms with Gasteiger partial charge in [-0.1, -0.05) is 26.8 Å². The van der Waals surface area contributed by atoms with Gasteiger partial charge in [-0.25, -0.2) is 0 Å². The normalized spacial score (nSPS) is 58.4. The van der Waals surface area contributed by atoms with Gasteiger partial charge in [0.1, 0.15) is 0 Å². The van der Waals surface area contributed by atoms with Gasteiger partial charge in [0.15, 0.2) is 11.6 Å². The average molecular weight is 413 g/mol. The van der Waals surface area contributed by atoms with Gasteiger partial charge in [-0.2, -0.15) is 0 Å². The molecule has 2 heterocycles. The Morgan fingerprint density at radius 2 is 1.80 bits per heavy atom. The predicted octanol–water partition coefficient (Wildman–Crippen LogP) is 5.92. The molecule has 6 aliphatic rings. The first-order valence-electron chi connectivity index (χ1n) is 12.7. The van der Waals surface area contributed by atoms with Gasteiger partial charge in [-0.3, -0.25) is 4.79 Å². The molecule has 3 heteroatoms. The maximum absolute atomic E-state index is 12.1. The standard InChI is InChI=1S/C27H40O3/c1-16-23-22(29-27(16)13-12-24(2,3)30-27)15-21-19-7-6-17-14-18(28)8-10-25(17,4)20(19)9-11-26(21,23)5/h8,10,16-17,19-23H,6-7,9,11-15H2,1-5H3. The summed E-state index contributed by atoms with van der Waals surface area (Å²) in [5, 5.41) is 0. The van der Waals surface area contributed by atoms with Gasteiger partial charge >= 0.3 is 0 Å². The van der Waals surface area contributed by atoms with E-state index in [1.165, 1.54) is 32.1 Å². The monoisotopic (exact) mass is 412 g/mol. The Hall–Kier alpha value is -0.670. The molecule has 0 N–H and O–H groups in total. The molecule has 3 nitrogen and oxygen atoms in total. The fraction of sp³-hybridized carbons (Fsp3) is 0.889. The van der Waals surface area contributed by atoms with Crippen LogP contribution in [0.2, 0.25) is 0 Å². The average Bonchev–Trinajstić information content (AvgIpc) is 3.25. The summed E-state index contributed by atoms with van der Waals surface area (Å²) in [6.07, 6.45) is 13.9. The lowest BCUT2D eigenvalue weighted by atomic mass is 9.45. The Morgan fingerprint density at radius 1 is 1.00 bits per heavy atom. The van der Waals surface area contributed by atoms with Crippen LogP contribution < -0.4 is 0 Å². The molecule has 2 aliphatic heterocycles. The van der Waals surface area contributed by atoms with Gasteiger partial charge in [0.25, 0.3) is 0 Å². The summed E-state index contributed by atoms with van der Waals surface area (Å²) >= 11 is 0. The van der Waals surface area contributed by atoms with E-state index < -0.39 is 0 Å². The first kappa shape index (κ1) is 20.0. The molecule has 4 aliphatic carbocycles. The first-order chi connectivity index (χ1) is 14.1. The van der Waals surface area contributed by atoms with Crippen molar-refractivity contribution in [3.05, 3.63) is 12.2 Å². The highest BCUT2D eigenvalue weighted by atomic mass is 16.7. The van der Waals surface area contributed by atoms with E-state index in [4.69, 9.17) is 9.47 Å². The smallest absolute Gasteiger partial charge is 0.172 e. The number of ketones is 1. The number of ether oxygens (including phenoxy) is 2. The van der Waals surface area contributed by atoms with Gasteiger partial charge in [-0.05, 0) is 98.9 Å². The highest BCUT2D eigenvalue weighted by Crippen LogP contribution is 2.71. The van der Waals surface area contributed by atoms with Crippen LogP contribution in [0.3, 0.4) is 0 Å². The third-order valence-electron chi connectivity index (χ3n) is 11.2. The van der Waals surface area contributed by atoms with E-state index in [9.17, 15) is 4.79 Å². The third-order valence-corrected chi connectivity index (χ3v) is 11.2. The molecule has 0 bridgehead atoms. The topological polar surface area (TPSA) is 35.5 Å². The second-order valence-electron chi connectivity index (χ2n) is 12.9. The van der Waals surface area contributed by atoms with Crippen LogP contribution in [-0.4, -0.2) is 23.3 Å². The Morgan fingerprint density at radius 3 is 2.53 bits per heavy atom. The van der Waals surface area contributed by atoms with Crippen molar-refractivity contribution in [1.29, 1.82) is 0 Å². The van der Waals surface area contributed by atoms with E-state index in [2.05, 4.69) is 40.7 Å². The first-order valence-corrected chi connectivity index (χ1v) is 12.7. The van der Waals surface area contributed by atoms with Crippen LogP contribution in [0, 0.1) is 46.3 Å². The quantitative estimate of drug-likeness (QED) is 0.495. The van der Waals surface area contributed by atoms with Crippen LogP contribution in [0.15, 0.2) is 12.2 Å². The van der Waals surface area contributed by atoms with Gasteiger partial charge in [0.2, 0.25) is 0 Å². The number of allylic oxidation sites excluding steroid dienone is 2. The van der Waals surface area contributed by atoms with Gasteiger partial charge in [-0.15, -0.1) is 0 Å². The molecule has 30 heavy (non-hydrogen) atoms. The maximum Gasteiger partial charge on any atom is 0.172 e. The van der Waals surface area contributed by atoms with Crippen LogP contribution in [0.25, 0.3) is 0 Å². The molecule has 2 saturated heterocycles. The van der Waals surface area contributed by atoms with Crippen molar-refractivity contribution < 1.29 is 14.3 Å². The molecule has 5 fully saturated rings. The number of hydrogen-bond acceptors (Lipinski definition) is 3. The molecular formula is C27H40O3. The van der Waals surface area contributed by atoms with Gasteiger partial charge < -0.3 is 9.47 Å². The molecule has 0 aromatic carbocycles. The maximum atomic E-state index is 12.1. The van der Waals surface area contributed by atoms with E-state index >= 15 is 0 Å². The third kappa shape index (κ3) is 2.43. The lowest BCUT2D eigenvalue weighted by Gasteiger charge is -2.59. The molecule has 166 valence electrons. The van der Waals surface area contributed by atoms with Crippen molar-refractivity contribution >= 4 is 5.78 Å². The number of fused-ring (bicyclic) bond motifs is 7. The summed E-state index contributed by atoms with van der Waals surface area (Å²) in [5.74, 6) is 3.99. The van der Waals surface area contributed by atoms with Crippen LogP contribution >= 0.6 is 0 Å². The minimum atomic E-state index is -0.334. The largest absolute Gasteiger partial charge is 0.346 e. The van der Waals surface area contributed by atoms with Crippen LogP contribution in [0.4, 0.5) is 0 Å². The number of carbonyl (C=O) groups excluding carboxylic acids is 1. The summed E-state index contributed by atoms with van der Waals surface area (Å²) in [7, 11) is 0. The van der Waals surface area contributed by atoms with Crippen LogP contribution in [0.1, 0.15) is 86.0 Å². The van der Waals surface area contributed by atoms with Crippen molar-refractivity contribution in [1.82, 2.24) is 0 Å². The fourth-order valence-electron chi connectivity index (χ4n) is 9.76. The predicted molar refractivity (Wildman–Crippen MR) is 117 cm³/mol. The van der Waals surface area contributed by atoms with E-state index in [-0.39, 0.29) is 16.8 Å². The second kappa shape index (κ2) is 6.01. The molecular weight excluding hydrogens is 372 g/mol. The molecule has 0 radical (unpaired) electrons. The van der Waals surface area contributed by atoms with Crippen LogP contribution in [-0.2, 0) is 14.3 Å². The molecule has 10 atom stereocenters. The van der Waals surface area contributed by atoms with Gasteiger partial charge in [0, 0.05) is 18.8 Å². The molecule has 0 amide bonds. The van der Waals surface area contributed by atoms with E-state index in [1.807, 2.05) is 6.08 Å². The molecule has 1 spiro atoms. The molecule has 10 unspecified atom stereocenters. The molecule has 0 aromatic heterocycles. The minimum Gasteiger partial charge on any atom is -0.346 e. The fourth-order valence-corrected chi connectivity index (χ4v) is 9.76. The highest BCUT2D eigenvalue weighted by molar-refractivity contribution is 5.91. The van der Waals surface area contributed by atoms with Crippen molar-refractivity contribution in [2.24, 2.45) is 46.3 Å². The van der Waals surface area contributed by atoms with Crippen LogP contribution in [0.5, 0.6) is 0 Å². The van der Waals surface area contributed by atoms with Crippen molar-refractivity contribution in [3.63, 3.8) is 0 Å². The van der Waals surface area contributed by atoms with E-state index in [0.717, 1.165) is 37.0 Å². The number of rotatable bonds is 0. The summed E-state index contributed by atoms with van der Waals surface area (Å²) in [6, 6.07) is 0. The van der Waals surface area contributed by atoms with Crippen molar-refractivity contribution in [2.75, 3.05) is 0 Å². The summed E-state index contributed by atoms with van der Waals surface area (Å²) in [4.78, 5) is 12.1. The SMILES string of the molecule is CC1C2C(CC3C4CCC5CC(=O)C=CC5(C)C4CCC32C)OC12CCC(C)(C)O2. The lowest BCUT2D eigenvalue weighted by Crippen LogP contribution is -2.53. The summed E-state index contributed by atoms with van der Waals surface area (Å²) < 4.78 is 13.5. The Kier molecular flexibility index (Phi) is 4.00. The highest BCUT2D eigenvalue weighted by Gasteiger charge is 2.70. The molecule has 6 rings (SSSR count). The Bertz CT molecular complexity index is 800. The van der Waals surface area contributed by atoms with E-state index in [0.29, 0.717) is 35.1 Å². The van der Waals surface area contributed by atoms with Crippen molar-refractivity contribution in [3.8, 4) is 0 Å². The number of hydrogen-bond donors (Lipinski definition) is 0. The van der Waals surface area contributed by atoms with Gasteiger partial charge in [0.05, 0.1) is 11.7 Å². The Balaban J connectivity index is 1.30.